The number of nitrogens with zero attached hydrogens (tertiary/aromatic N) is 5. The Hall–Kier alpha value is -3.69. The van der Waals surface area contributed by atoms with Gasteiger partial charge in [0.1, 0.15) is 18.1 Å². The van der Waals surface area contributed by atoms with Crippen molar-refractivity contribution >= 4 is 74.2 Å². The monoisotopic (exact) mass is 655 g/mol. The van der Waals surface area contributed by atoms with E-state index in [1.165, 1.54) is 19.0 Å². The number of ether oxygens (including phenoxy) is 1. The van der Waals surface area contributed by atoms with Crippen molar-refractivity contribution in [2.45, 2.75) is 26.7 Å². The molecule has 3 aromatic rings. The number of piperazine rings is 1. The summed E-state index contributed by atoms with van der Waals surface area (Å²) in [5, 5.41) is 30.5. The van der Waals surface area contributed by atoms with Crippen molar-refractivity contribution in [2.75, 3.05) is 36.2 Å². The van der Waals surface area contributed by atoms with E-state index in [1.54, 1.807) is 42.9 Å². The largest absolute Gasteiger partial charge is 0.482 e. The molecule has 1 aliphatic heterocycles. The number of hydrogen-bond donors (Lipinski definition) is 3. The van der Waals surface area contributed by atoms with Gasteiger partial charge in [-0.2, -0.15) is 0 Å². The van der Waals surface area contributed by atoms with E-state index in [1.807, 2.05) is 4.81 Å². The van der Waals surface area contributed by atoms with Crippen molar-refractivity contribution in [1.29, 1.82) is 0 Å². The van der Waals surface area contributed by atoms with Gasteiger partial charge in [0.15, 0.2) is 17.3 Å². The Morgan fingerprint density at radius 2 is 1.78 bits per heavy atom. The quantitative estimate of drug-likeness (QED) is 0.160. The van der Waals surface area contributed by atoms with Gasteiger partial charge in [0.05, 0.1) is 5.02 Å². The van der Waals surface area contributed by atoms with Crippen LogP contribution < -0.4 is 14.8 Å². The molecule has 1 fully saturated rings. The number of amides is 2. The van der Waals surface area contributed by atoms with Crippen LogP contribution in [0, 0.1) is 5.82 Å². The van der Waals surface area contributed by atoms with Crippen LogP contribution in [-0.4, -0.2) is 95.7 Å². The molecule has 3 N–H and O–H groups in total. The minimum Gasteiger partial charge on any atom is -0.482 e. The second-order valence-electron chi connectivity index (χ2n) is 10.3. The molecule has 2 amide bonds. The molecule has 18 heteroatoms. The van der Waals surface area contributed by atoms with Crippen molar-refractivity contribution in [1.82, 2.24) is 19.9 Å². The molecule has 45 heavy (non-hydrogen) atoms. The highest BCUT2D eigenvalue weighted by molar-refractivity contribution is 6.82. The third-order valence-corrected chi connectivity index (χ3v) is 7.86. The Morgan fingerprint density at radius 3 is 2.38 bits per heavy atom. The average molecular weight is 656 g/mol. The number of carbonyl (C=O) groups excluding carboxylic acids is 3. The highest BCUT2D eigenvalue weighted by atomic mass is 35.5. The minimum absolute atomic E-state index is 0.0883. The summed E-state index contributed by atoms with van der Waals surface area (Å²) in [6, 6.07) is 9.99. The van der Waals surface area contributed by atoms with Gasteiger partial charge in [-0.05, 0) is 57.0 Å². The lowest BCUT2D eigenvalue weighted by Crippen LogP contribution is -2.52. The predicted molar refractivity (Wildman–Crippen MR) is 172 cm³/mol. The molecule has 4 rings (SSSR count). The van der Waals surface area contributed by atoms with Crippen molar-refractivity contribution in [3.8, 4) is 5.75 Å². The molecule has 2 aromatic carbocycles. The molecule has 12 nitrogen and oxygen atoms in total. The fraction of sp³-hybridized carbons (Fsp3) is 0.296. The van der Waals surface area contributed by atoms with Gasteiger partial charge < -0.3 is 39.3 Å². The maximum absolute atomic E-state index is 14.2. The SMILES string of the molecule is CB(O)N1CCN(C(=O)c2ccc(NC(=O)c3cc(OC(C)c4c(Cl)ccc(F)c4Cl)c(N([B]C=O)B(C)O)nn3)cc2)CC1. The second kappa shape index (κ2) is 15.1. The molecule has 1 aliphatic rings. The first-order chi connectivity index (χ1) is 21.4. The van der Waals surface area contributed by atoms with Crippen molar-refractivity contribution in [2.24, 2.45) is 0 Å². The van der Waals surface area contributed by atoms with E-state index in [0.29, 0.717) is 43.6 Å². The summed E-state index contributed by atoms with van der Waals surface area (Å²) in [7, 11) is -0.815. The minimum atomic E-state index is -1.24. The van der Waals surface area contributed by atoms with Gasteiger partial charge in [-0.3, -0.25) is 9.59 Å². The third-order valence-electron chi connectivity index (χ3n) is 7.15. The highest BCUT2D eigenvalue weighted by Gasteiger charge is 2.28. The first-order valence-electron chi connectivity index (χ1n) is 14.0. The zero-order valence-corrected chi connectivity index (χ0v) is 26.2. The van der Waals surface area contributed by atoms with E-state index in [0.717, 1.165) is 18.2 Å². The molecular weight excluding hydrogens is 627 g/mol. The molecule has 1 radical (unpaired) electrons. The summed E-state index contributed by atoms with van der Waals surface area (Å²) >= 11 is 12.4. The fourth-order valence-electron chi connectivity index (χ4n) is 4.72. The lowest BCUT2D eigenvalue weighted by Gasteiger charge is -2.35. The van der Waals surface area contributed by atoms with Gasteiger partial charge in [0.2, 0.25) is 0 Å². The number of nitrogens with one attached hydrogen (secondary N) is 1. The number of aromatic nitrogens is 2. The van der Waals surface area contributed by atoms with E-state index in [-0.39, 0.29) is 38.8 Å². The molecule has 0 spiro atoms. The van der Waals surface area contributed by atoms with Gasteiger partial charge in [-0.25, -0.2) is 4.39 Å². The summed E-state index contributed by atoms with van der Waals surface area (Å²) in [5.41, 5.74) is 0.752. The van der Waals surface area contributed by atoms with Gasteiger partial charge in [-0.15, -0.1) is 10.2 Å². The standard InChI is InChI=1S/C27H29B3Cl2FN6O6/c1-16(23-19(31)8-9-20(33)24(23)32)45-22-14-21(35-36-25(22)39(28-15-40)30(3)44)26(41)34-18-6-4-17(5-7-18)27(42)37-10-12-38(13-11-37)29(2)43/h4-9,14-16,43-44H,10-13H2,1-3H3,(H,34,41). The number of halogens is 3. The Morgan fingerprint density at radius 1 is 1.11 bits per heavy atom. The molecule has 1 unspecified atom stereocenters. The molecule has 2 heterocycles. The number of benzene rings is 2. The molecule has 0 saturated carbocycles. The molecule has 0 bridgehead atoms. The number of carbonyl (C=O) groups is 3. The van der Waals surface area contributed by atoms with E-state index < -0.39 is 31.9 Å². The summed E-state index contributed by atoms with van der Waals surface area (Å²) in [4.78, 5) is 41.0. The Bertz CT molecular complexity index is 1550. The highest BCUT2D eigenvalue weighted by Crippen LogP contribution is 2.37. The van der Waals surface area contributed by atoms with Crippen LogP contribution in [0.5, 0.6) is 5.75 Å². The fourth-order valence-corrected chi connectivity index (χ4v) is 5.40. The van der Waals surface area contributed by atoms with Crippen LogP contribution in [0.4, 0.5) is 15.9 Å². The zero-order chi connectivity index (χ0) is 32.8. The Balaban J connectivity index is 1.54. The van der Waals surface area contributed by atoms with Gasteiger partial charge in [-0.1, -0.05) is 23.2 Å². The van der Waals surface area contributed by atoms with E-state index in [2.05, 4.69) is 15.5 Å². The topological polar surface area (TPSA) is 148 Å². The zero-order valence-electron chi connectivity index (χ0n) is 24.7. The predicted octanol–water partition coefficient (Wildman–Crippen LogP) is 2.91. The van der Waals surface area contributed by atoms with E-state index in [4.69, 9.17) is 27.9 Å². The number of anilines is 2. The van der Waals surface area contributed by atoms with E-state index in [9.17, 15) is 28.8 Å². The molecular formula is C27H29B3Cl2FN6O6. The maximum Gasteiger partial charge on any atom is 0.397 e. The molecule has 1 saturated heterocycles. The third kappa shape index (κ3) is 8.13. The lowest BCUT2D eigenvalue weighted by atomic mass is 9.73. The average Bonchev–Trinajstić information content (AvgIpc) is 3.02. The lowest BCUT2D eigenvalue weighted by molar-refractivity contribution is 0.0688. The van der Waals surface area contributed by atoms with Crippen LogP contribution in [0.1, 0.15) is 39.4 Å². The first kappa shape index (κ1) is 34.2. The molecule has 233 valence electrons. The van der Waals surface area contributed by atoms with Crippen molar-refractivity contribution in [3.63, 3.8) is 0 Å². The summed E-state index contributed by atoms with van der Waals surface area (Å²) in [6.07, 6.45) is -0.543. The Kier molecular flexibility index (Phi) is 11.4. The molecule has 1 atom stereocenters. The van der Waals surface area contributed by atoms with Crippen LogP contribution in [0.3, 0.4) is 0 Å². The second-order valence-corrected chi connectivity index (χ2v) is 11.0. The first-order valence-corrected chi connectivity index (χ1v) is 14.7. The smallest absolute Gasteiger partial charge is 0.397 e. The van der Waals surface area contributed by atoms with Crippen LogP contribution in [0.25, 0.3) is 0 Å². The summed E-state index contributed by atoms with van der Waals surface area (Å²) in [5.74, 6) is -1.75. The van der Waals surface area contributed by atoms with E-state index >= 15 is 0 Å². The van der Waals surface area contributed by atoms with Crippen LogP contribution in [0.2, 0.25) is 23.7 Å². The van der Waals surface area contributed by atoms with Crippen molar-refractivity contribution in [3.05, 3.63) is 75.1 Å². The van der Waals surface area contributed by atoms with Gasteiger partial charge >= 0.3 is 21.5 Å². The summed E-state index contributed by atoms with van der Waals surface area (Å²) in [6.45, 7) is 6.69. The summed E-state index contributed by atoms with van der Waals surface area (Å²) < 4.78 is 21.3. The van der Waals surface area contributed by atoms with Crippen LogP contribution in [-0.2, 0) is 4.79 Å². The van der Waals surface area contributed by atoms with Gasteiger partial charge in [0, 0.05) is 54.1 Å². The van der Waals surface area contributed by atoms with Crippen LogP contribution in [0.15, 0.2) is 42.5 Å². The Labute approximate surface area is 271 Å². The normalized spacial score (nSPS) is 13.9. The number of rotatable bonds is 11. The van der Waals surface area contributed by atoms with Crippen LogP contribution >= 0.6 is 23.2 Å². The maximum atomic E-state index is 14.2. The molecule has 1 aromatic heterocycles. The number of hydrogen-bond acceptors (Lipinski definition) is 10. The van der Waals surface area contributed by atoms with Crippen molar-refractivity contribution < 1.29 is 33.6 Å². The van der Waals surface area contributed by atoms with Gasteiger partial charge in [0.25, 0.3) is 11.8 Å². The molecule has 0 aliphatic carbocycles.